The molecular formula is C11H23N. The Labute approximate surface area is 76.9 Å². The summed E-state index contributed by atoms with van der Waals surface area (Å²) in [7, 11) is 0. The largest absolute Gasteiger partial charge is 0.312 e. The van der Waals surface area contributed by atoms with Crippen LogP contribution in [0.1, 0.15) is 47.0 Å². The summed E-state index contributed by atoms with van der Waals surface area (Å²) < 4.78 is 0. The second kappa shape index (κ2) is 3.78. The van der Waals surface area contributed by atoms with Crippen LogP contribution in [0.3, 0.4) is 0 Å². The van der Waals surface area contributed by atoms with Gasteiger partial charge in [-0.05, 0) is 51.5 Å². The Morgan fingerprint density at radius 1 is 1.33 bits per heavy atom. The van der Waals surface area contributed by atoms with E-state index in [0.717, 1.165) is 11.8 Å². The predicted molar refractivity (Wildman–Crippen MR) is 54.3 cm³/mol. The maximum atomic E-state index is 3.65. The van der Waals surface area contributed by atoms with E-state index < -0.39 is 0 Å². The molecule has 1 saturated carbocycles. The van der Waals surface area contributed by atoms with Crippen LogP contribution in [0, 0.1) is 11.8 Å². The number of nitrogens with one attached hydrogen (secondary N) is 1. The molecule has 1 aliphatic rings. The molecule has 0 heterocycles. The Kier molecular flexibility index (Phi) is 3.16. The topological polar surface area (TPSA) is 12.0 Å². The van der Waals surface area contributed by atoms with Crippen molar-refractivity contribution >= 4 is 0 Å². The molecule has 1 aliphatic carbocycles. The third-order valence-corrected chi connectivity index (χ3v) is 2.90. The molecule has 0 atom stereocenters. The highest BCUT2D eigenvalue weighted by Gasteiger charge is 2.36. The molecule has 72 valence electrons. The highest BCUT2D eigenvalue weighted by molar-refractivity contribution is 4.94. The lowest BCUT2D eigenvalue weighted by Crippen LogP contribution is -2.42. The Morgan fingerprint density at radius 3 is 2.33 bits per heavy atom. The summed E-state index contributed by atoms with van der Waals surface area (Å²) in [4.78, 5) is 0. The van der Waals surface area contributed by atoms with E-state index in [1.54, 1.807) is 0 Å². The first-order valence-corrected chi connectivity index (χ1v) is 5.27. The van der Waals surface area contributed by atoms with Crippen molar-refractivity contribution in [2.75, 3.05) is 6.54 Å². The Hall–Kier alpha value is -0.0400. The van der Waals surface area contributed by atoms with Crippen molar-refractivity contribution < 1.29 is 0 Å². The molecule has 0 aliphatic heterocycles. The monoisotopic (exact) mass is 169 g/mol. The number of hydrogen-bond donors (Lipinski definition) is 1. The summed E-state index contributed by atoms with van der Waals surface area (Å²) in [6.45, 7) is 10.4. The first-order chi connectivity index (χ1) is 5.52. The van der Waals surface area contributed by atoms with Crippen LogP contribution >= 0.6 is 0 Å². The van der Waals surface area contributed by atoms with E-state index in [2.05, 4.69) is 33.0 Å². The van der Waals surface area contributed by atoms with Crippen molar-refractivity contribution in [3.05, 3.63) is 0 Å². The van der Waals surface area contributed by atoms with Gasteiger partial charge in [0, 0.05) is 5.54 Å². The van der Waals surface area contributed by atoms with E-state index in [-0.39, 0.29) is 0 Å². The molecule has 1 heteroatoms. The molecule has 1 nitrogen and oxygen atoms in total. The van der Waals surface area contributed by atoms with Gasteiger partial charge in [0.2, 0.25) is 0 Å². The predicted octanol–water partition coefficient (Wildman–Crippen LogP) is 2.81. The van der Waals surface area contributed by atoms with Crippen LogP contribution in [-0.4, -0.2) is 12.1 Å². The molecule has 1 fully saturated rings. The Bertz CT molecular complexity index is 134. The van der Waals surface area contributed by atoms with Crippen LogP contribution in [0.2, 0.25) is 0 Å². The van der Waals surface area contributed by atoms with Gasteiger partial charge in [0.05, 0.1) is 0 Å². The van der Waals surface area contributed by atoms with E-state index >= 15 is 0 Å². The highest BCUT2D eigenvalue weighted by atomic mass is 15.0. The molecule has 0 aromatic heterocycles. The SMILES string of the molecule is CC(C)CCNC(C)(C)C1CC1. The molecular weight excluding hydrogens is 146 g/mol. The zero-order valence-electron chi connectivity index (χ0n) is 8.98. The summed E-state index contributed by atoms with van der Waals surface area (Å²) in [6.07, 6.45) is 4.17. The Balaban J connectivity index is 2.12. The van der Waals surface area contributed by atoms with Gasteiger partial charge in [-0.25, -0.2) is 0 Å². The minimum Gasteiger partial charge on any atom is -0.312 e. The van der Waals surface area contributed by atoms with E-state index in [0.29, 0.717) is 5.54 Å². The van der Waals surface area contributed by atoms with Crippen LogP contribution < -0.4 is 5.32 Å². The van der Waals surface area contributed by atoms with E-state index in [4.69, 9.17) is 0 Å². The van der Waals surface area contributed by atoms with Crippen molar-refractivity contribution in [2.45, 2.75) is 52.5 Å². The molecule has 0 aromatic rings. The zero-order valence-corrected chi connectivity index (χ0v) is 8.98. The fourth-order valence-electron chi connectivity index (χ4n) is 1.63. The second-order valence-corrected chi connectivity index (χ2v) is 5.11. The molecule has 0 amide bonds. The molecule has 0 unspecified atom stereocenters. The average molecular weight is 169 g/mol. The van der Waals surface area contributed by atoms with Gasteiger partial charge in [0.15, 0.2) is 0 Å². The molecule has 0 spiro atoms. The molecule has 0 radical (unpaired) electrons. The minimum atomic E-state index is 0.398. The number of rotatable bonds is 5. The maximum Gasteiger partial charge on any atom is 0.0153 e. The molecule has 1 N–H and O–H groups in total. The summed E-state index contributed by atoms with van der Waals surface area (Å²) in [5, 5.41) is 3.65. The van der Waals surface area contributed by atoms with Gasteiger partial charge < -0.3 is 5.32 Å². The van der Waals surface area contributed by atoms with Gasteiger partial charge in [0.25, 0.3) is 0 Å². The lowest BCUT2D eigenvalue weighted by atomic mass is 9.98. The van der Waals surface area contributed by atoms with Crippen LogP contribution in [0.25, 0.3) is 0 Å². The van der Waals surface area contributed by atoms with E-state index in [1.807, 2.05) is 0 Å². The van der Waals surface area contributed by atoms with Gasteiger partial charge in [0.1, 0.15) is 0 Å². The second-order valence-electron chi connectivity index (χ2n) is 5.11. The van der Waals surface area contributed by atoms with Crippen LogP contribution in [0.4, 0.5) is 0 Å². The quantitative estimate of drug-likeness (QED) is 0.667. The van der Waals surface area contributed by atoms with Gasteiger partial charge >= 0.3 is 0 Å². The van der Waals surface area contributed by atoms with Crippen LogP contribution in [0.5, 0.6) is 0 Å². The summed E-state index contributed by atoms with van der Waals surface area (Å²) in [5.74, 6) is 1.78. The van der Waals surface area contributed by atoms with Crippen molar-refractivity contribution in [2.24, 2.45) is 11.8 Å². The van der Waals surface area contributed by atoms with E-state index in [9.17, 15) is 0 Å². The van der Waals surface area contributed by atoms with Crippen molar-refractivity contribution in [1.82, 2.24) is 5.32 Å². The lowest BCUT2D eigenvalue weighted by Gasteiger charge is -2.26. The zero-order chi connectivity index (χ0) is 9.19. The standard InChI is InChI=1S/C11H23N/c1-9(2)7-8-12-11(3,4)10-5-6-10/h9-10,12H,5-8H2,1-4H3. The maximum absolute atomic E-state index is 3.65. The highest BCUT2D eigenvalue weighted by Crippen LogP contribution is 2.39. The van der Waals surface area contributed by atoms with Crippen molar-refractivity contribution in [1.29, 1.82) is 0 Å². The van der Waals surface area contributed by atoms with Gasteiger partial charge in [-0.3, -0.25) is 0 Å². The van der Waals surface area contributed by atoms with Crippen LogP contribution in [-0.2, 0) is 0 Å². The van der Waals surface area contributed by atoms with Gasteiger partial charge in [-0.2, -0.15) is 0 Å². The third kappa shape index (κ3) is 3.14. The van der Waals surface area contributed by atoms with Crippen LogP contribution in [0.15, 0.2) is 0 Å². The van der Waals surface area contributed by atoms with Gasteiger partial charge in [-0.15, -0.1) is 0 Å². The van der Waals surface area contributed by atoms with Gasteiger partial charge in [-0.1, -0.05) is 13.8 Å². The summed E-state index contributed by atoms with van der Waals surface area (Å²) >= 11 is 0. The fraction of sp³-hybridized carbons (Fsp3) is 1.00. The molecule has 0 aromatic carbocycles. The molecule has 1 rings (SSSR count). The lowest BCUT2D eigenvalue weighted by molar-refractivity contribution is 0.331. The summed E-state index contributed by atoms with van der Waals surface area (Å²) in [5.41, 5.74) is 0.398. The van der Waals surface area contributed by atoms with Crippen molar-refractivity contribution in [3.8, 4) is 0 Å². The Morgan fingerprint density at radius 2 is 1.92 bits per heavy atom. The first-order valence-electron chi connectivity index (χ1n) is 5.27. The average Bonchev–Trinajstić information content (AvgIpc) is 2.65. The first kappa shape index (κ1) is 10.0. The third-order valence-electron chi connectivity index (χ3n) is 2.90. The smallest absolute Gasteiger partial charge is 0.0153 e. The van der Waals surface area contributed by atoms with E-state index in [1.165, 1.54) is 25.8 Å². The summed E-state index contributed by atoms with van der Waals surface area (Å²) in [6, 6.07) is 0. The molecule has 0 saturated heterocycles. The number of hydrogen-bond acceptors (Lipinski definition) is 1. The normalized spacial score (nSPS) is 18.8. The minimum absolute atomic E-state index is 0.398. The fourth-order valence-corrected chi connectivity index (χ4v) is 1.63. The molecule has 12 heavy (non-hydrogen) atoms. The molecule has 0 bridgehead atoms. The van der Waals surface area contributed by atoms with Crippen molar-refractivity contribution in [3.63, 3.8) is 0 Å².